The number of hydrogen-bond donors (Lipinski definition) is 1. The Morgan fingerprint density at radius 2 is 2.47 bits per heavy atom. The molecule has 96 valence electrons. The third kappa shape index (κ3) is 5.16. The van der Waals surface area contributed by atoms with Gasteiger partial charge in [-0.3, -0.25) is 9.69 Å². The third-order valence-corrected chi connectivity index (χ3v) is 2.88. The van der Waals surface area contributed by atoms with Crippen molar-refractivity contribution in [1.82, 2.24) is 10.2 Å². The summed E-state index contributed by atoms with van der Waals surface area (Å²) < 4.78 is 4.96. The van der Waals surface area contributed by atoms with Gasteiger partial charge in [-0.1, -0.05) is 0 Å². The SMILES string of the molecule is COCC(C)NC(=O)CN1CCCC(C#N)C1. The fourth-order valence-corrected chi connectivity index (χ4v) is 2.12. The molecular formula is C12H21N3O2. The lowest BCUT2D eigenvalue weighted by Crippen LogP contribution is -2.45. The molecule has 2 atom stereocenters. The second-order valence-corrected chi connectivity index (χ2v) is 4.63. The molecule has 1 fully saturated rings. The van der Waals surface area contributed by atoms with Gasteiger partial charge in [-0.2, -0.15) is 5.26 Å². The zero-order valence-corrected chi connectivity index (χ0v) is 10.6. The van der Waals surface area contributed by atoms with Crippen molar-refractivity contribution in [2.75, 3.05) is 33.4 Å². The quantitative estimate of drug-likeness (QED) is 0.753. The van der Waals surface area contributed by atoms with Gasteiger partial charge in [0.05, 0.1) is 25.1 Å². The van der Waals surface area contributed by atoms with E-state index in [9.17, 15) is 4.79 Å². The maximum atomic E-state index is 11.7. The number of nitrogens with zero attached hydrogens (tertiary/aromatic N) is 2. The van der Waals surface area contributed by atoms with Crippen LogP contribution in [0.3, 0.4) is 0 Å². The van der Waals surface area contributed by atoms with E-state index in [1.807, 2.05) is 11.8 Å². The van der Waals surface area contributed by atoms with E-state index < -0.39 is 0 Å². The van der Waals surface area contributed by atoms with Gasteiger partial charge in [-0.15, -0.1) is 0 Å². The molecule has 0 saturated carbocycles. The summed E-state index contributed by atoms with van der Waals surface area (Å²) in [5.74, 6) is 0.0843. The largest absolute Gasteiger partial charge is 0.383 e. The first-order chi connectivity index (χ1) is 8.15. The van der Waals surface area contributed by atoms with Crippen molar-refractivity contribution in [3.8, 4) is 6.07 Å². The summed E-state index contributed by atoms with van der Waals surface area (Å²) in [7, 11) is 1.62. The van der Waals surface area contributed by atoms with Crippen LogP contribution in [-0.2, 0) is 9.53 Å². The van der Waals surface area contributed by atoms with Crippen molar-refractivity contribution >= 4 is 5.91 Å². The molecule has 1 aliphatic heterocycles. The number of nitriles is 1. The number of likely N-dealkylation sites (tertiary alicyclic amines) is 1. The van der Waals surface area contributed by atoms with Crippen LogP contribution in [0.15, 0.2) is 0 Å². The minimum absolute atomic E-state index is 0.00754. The number of amides is 1. The molecule has 1 heterocycles. The van der Waals surface area contributed by atoms with Gasteiger partial charge in [-0.05, 0) is 26.3 Å². The lowest BCUT2D eigenvalue weighted by atomic mass is 10.00. The Bertz CT molecular complexity index is 288. The molecule has 0 bridgehead atoms. The van der Waals surface area contributed by atoms with Crippen LogP contribution >= 0.6 is 0 Å². The highest BCUT2D eigenvalue weighted by Crippen LogP contribution is 2.14. The lowest BCUT2D eigenvalue weighted by molar-refractivity contribution is -0.123. The number of piperidine rings is 1. The normalized spacial score (nSPS) is 22.8. The fraction of sp³-hybridized carbons (Fsp3) is 0.833. The predicted octanol–water partition coefficient (Wildman–Crippen LogP) is 0.373. The van der Waals surface area contributed by atoms with E-state index in [0.717, 1.165) is 19.4 Å². The lowest BCUT2D eigenvalue weighted by Gasteiger charge is -2.29. The molecule has 1 aliphatic rings. The zero-order chi connectivity index (χ0) is 12.7. The second-order valence-electron chi connectivity index (χ2n) is 4.63. The van der Waals surface area contributed by atoms with Crippen LogP contribution < -0.4 is 5.32 Å². The third-order valence-electron chi connectivity index (χ3n) is 2.88. The van der Waals surface area contributed by atoms with Crippen LogP contribution in [0.1, 0.15) is 19.8 Å². The summed E-state index contributed by atoms with van der Waals surface area (Å²) in [6, 6.07) is 2.31. The Morgan fingerprint density at radius 3 is 3.12 bits per heavy atom. The number of nitrogens with one attached hydrogen (secondary N) is 1. The minimum atomic E-state index is 0.00754. The van der Waals surface area contributed by atoms with E-state index >= 15 is 0 Å². The molecule has 0 aromatic heterocycles. The molecular weight excluding hydrogens is 218 g/mol. The van der Waals surface area contributed by atoms with Crippen LogP contribution in [0.25, 0.3) is 0 Å². The Kier molecular flexibility index (Phi) is 5.95. The molecule has 0 aliphatic carbocycles. The van der Waals surface area contributed by atoms with Crippen LogP contribution in [-0.4, -0.2) is 50.2 Å². The van der Waals surface area contributed by atoms with Gasteiger partial charge in [0.2, 0.25) is 5.91 Å². The maximum Gasteiger partial charge on any atom is 0.234 e. The topological polar surface area (TPSA) is 65.4 Å². The van der Waals surface area contributed by atoms with Gasteiger partial charge in [0.15, 0.2) is 0 Å². The van der Waals surface area contributed by atoms with E-state index in [1.54, 1.807) is 7.11 Å². The maximum absolute atomic E-state index is 11.7. The first-order valence-corrected chi connectivity index (χ1v) is 6.06. The molecule has 1 amide bonds. The molecule has 1 saturated heterocycles. The van der Waals surface area contributed by atoms with E-state index in [1.165, 1.54) is 0 Å². The molecule has 5 nitrogen and oxygen atoms in total. The van der Waals surface area contributed by atoms with Crippen LogP contribution in [0, 0.1) is 17.2 Å². The monoisotopic (exact) mass is 239 g/mol. The van der Waals surface area contributed by atoms with E-state index in [2.05, 4.69) is 11.4 Å². The van der Waals surface area contributed by atoms with Gasteiger partial charge < -0.3 is 10.1 Å². The molecule has 2 unspecified atom stereocenters. The van der Waals surface area contributed by atoms with Crippen molar-refractivity contribution in [3.63, 3.8) is 0 Å². The number of methoxy groups -OCH3 is 1. The Hall–Kier alpha value is -1.12. The van der Waals surface area contributed by atoms with Crippen LogP contribution in [0.5, 0.6) is 0 Å². The van der Waals surface area contributed by atoms with Crippen LogP contribution in [0.2, 0.25) is 0 Å². The van der Waals surface area contributed by atoms with Crippen LogP contribution in [0.4, 0.5) is 0 Å². The highest BCUT2D eigenvalue weighted by atomic mass is 16.5. The second kappa shape index (κ2) is 7.25. The van der Waals surface area contributed by atoms with E-state index in [-0.39, 0.29) is 17.9 Å². The zero-order valence-electron chi connectivity index (χ0n) is 10.6. The van der Waals surface area contributed by atoms with Crippen molar-refractivity contribution < 1.29 is 9.53 Å². The Morgan fingerprint density at radius 1 is 1.71 bits per heavy atom. The summed E-state index contributed by atoms with van der Waals surface area (Å²) in [5.41, 5.74) is 0. The molecule has 1 N–H and O–H groups in total. The number of ether oxygens (including phenoxy) is 1. The standard InChI is InChI=1S/C12H21N3O2/c1-10(9-17-2)14-12(16)8-15-5-3-4-11(6-13)7-15/h10-11H,3-5,7-9H2,1-2H3,(H,14,16). The molecule has 0 spiro atoms. The van der Waals surface area contributed by atoms with Gasteiger partial charge in [0.25, 0.3) is 0 Å². The average molecular weight is 239 g/mol. The van der Waals surface area contributed by atoms with Gasteiger partial charge in [-0.25, -0.2) is 0 Å². The highest BCUT2D eigenvalue weighted by Gasteiger charge is 2.21. The average Bonchev–Trinajstić information content (AvgIpc) is 2.29. The number of rotatable bonds is 5. The summed E-state index contributed by atoms with van der Waals surface area (Å²) in [5, 5.41) is 11.7. The Labute approximate surface area is 103 Å². The Balaban J connectivity index is 2.28. The summed E-state index contributed by atoms with van der Waals surface area (Å²) in [6.45, 7) is 4.43. The van der Waals surface area contributed by atoms with Gasteiger partial charge in [0, 0.05) is 19.7 Å². The minimum Gasteiger partial charge on any atom is -0.383 e. The number of hydrogen-bond acceptors (Lipinski definition) is 4. The predicted molar refractivity (Wildman–Crippen MR) is 64.3 cm³/mol. The summed E-state index contributed by atoms with van der Waals surface area (Å²) in [6.07, 6.45) is 1.95. The van der Waals surface area contributed by atoms with Crippen molar-refractivity contribution in [2.45, 2.75) is 25.8 Å². The van der Waals surface area contributed by atoms with Crippen molar-refractivity contribution in [2.24, 2.45) is 5.92 Å². The molecule has 0 radical (unpaired) electrons. The molecule has 5 heteroatoms. The van der Waals surface area contributed by atoms with E-state index in [0.29, 0.717) is 19.7 Å². The molecule has 0 aromatic rings. The van der Waals surface area contributed by atoms with Crippen molar-refractivity contribution in [1.29, 1.82) is 5.26 Å². The van der Waals surface area contributed by atoms with Crippen molar-refractivity contribution in [3.05, 3.63) is 0 Å². The van der Waals surface area contributed by atoms with E-state index in [4.69, 9.17) is 10.00 Å². The highest BCUT2D eigenvalue weighted by molar-refractivity contribution is 5.78. The smallest absolute Gasteiger partial charge is 0.234 e. The summed E-state index contributed by atoms with van der Waals surface area (Å²) in [4.78, 5) is 13.7. The first-order valence-electron chi connectivity index (χ1n) is 6.06. The fourth-order valence-electron chi connectivity index (χ4n) is 2.12. The van der Waals surface area contributed by atoms with Gasteiger partial charge in [0.1, 0.15) is 0 Å². The molecule has 1 rings (SSSR count). The molecule has 17 heavy (non-hydrogen) atoms. The number of carbonyl (C=O) groups excluding carboxylic acids is 1. The first kappa shape index (κ1) is 13.9. The number of carbonyl (C=O) groups is 1. The molecule has 0 aromatic carbocycles. The van der Waals surface area contributed by atoms with Gasteiger partial charge >= 0.3 is 0 Å². The summed E-state index contributed by atoms with van der Waals surface area (Å²) >= 11 is 0.